The zero-order valence-corrected chi connectivity index (χ0v) is 17.0. The van der Waals surface area contributed by atoms with Gasteiger partial charge in [0.2, 0.25) is 5.91 Å². The largest absolute Gasteiger partial charge is 0.486 e. The molecule has 8 heteroatoms. The number of nitro groups is 1. The van der Waals surface area contributed by atoms with Crippen LogP contribution in [0.4, 0.5) is 11.4 Å². The van der Waals surface area contributed by atoms with Gasteiger partial charge >= 0.3 is 0 Å². The second kappa shape index (κ2) is 9.29. The second-order valence-electron chi connectivity index (χ2n) is 6.51. The summed E-state index contributed by atoms with van der Waals surface area (Å²) in [4.78, 5) is 27.4. The number of nitro benzene ring substituents is 1. The fourth-order valence-electron chi connectivity index (χ4n) is 2.76. The fraction of sp³-hybridized carbons (Fsp3) is 0.238. The molecule has 0 aliphatic rings. The third kappa shape index (κ3) is 5.61. The Balaban J connectivity index is 1.56. The molecule has 0 aliphatic carbocycles. The Morgan fingerprint density at radius 3 is 2.69 bits per heavy atom. The van der Waals surface area contributed by atoms with Crippen LogP contribution in [0.1, 0.15) is 28.8 Å². The van der Waals surface area contributed by atoms with Crippen LogP contribution in [0, 0.1) is 17.0 Å². The normalized spacial score (nSPS) is 10.6. The van der Waals surface area contributed by atoms with E-state index in [1.165, 1.54) is 17.4 Å². The maximum absolute atomic E-state index is 12.3. The van der Waals surface area contributed by atoms with Crippen molar-refractivity contribution in [3.63, 3.8) is 0 Å². The van der Waals surface area contributed by atoms with Gasteiger partial charge in [-0.25, -0.2) is 4.98 Å². The molecule has 3 aromatic rings. The van der Waals surface area contributed by atoms with E-state index in [1.54, 1.807) is 12.1 Å². The van der Waals surface area contributed by atoms with E-state index in [-0.39, 0.29) is 18.0 Å². The molecule has 1 N–H and O–H groups in total. The van der Waals surface area contributed by atoms with Crippen molar-refractivity contribution >= 4 is 28.6 Å². The van der Waals surface area contributed by atoms with E-state index < -0.39 is 4.92 Å². The molecule has 0 unspecified atom stereocenters. The minimum absolute atomic E-state index is 0.00880. The van der Waals surface area contributed by atoms with Crippen LogP contribution in [0.25, 0.3) is 0 Å². The Kier molecular flexibility index (Phi) is 6.56. The molecule has 1 aromatic heterocycles. The highest BCUT2D eigenvalue weighted by Crippen LogP contribution is 2.24. The van der Waals surface area contributed by atoms with Crippen LogP contribution in [0.15, 0.2) is 47.8 Å². The lowest BCUT2D eigenvalue weighted by atomic mass is 10.1. The summed E-state index contributed by atoms with van der Waals surface area (Å²) in [6.45, 7) is 4.20. The van der Waals surface area contributed by atoms with E-state index in [2.05, 4.69) is 10.3 Å². The molecule has 1 amide bonds. The number of ether oxygens (including phenoxy) is 1. The van der Waals surface area contributed by atoms with E-state index in [9.17, 15) is 14.9 Å². The zero-order valence-electron chi connectivity index (χ0n) is 16.2. The summed E-state index contributed by atoms with van der Waals surface area (Å²) in [6.07, 6.45) is 0.640. The summed E-state index contributed by atoms with van der Waals surface area (Å²) in [6, 6.07) is 12.5. The summed E-state index contributed by atoms with van der Waals surface area (Å²) < 4.78 is 5.70. The quantitative estimate of drug-likeness (QED) is 0.429. The predicted molar refractivity (Wildman–Crippen MR) is 112 cm³/mol. The molecule has 0 bridgehead atoms. The maximum atomic E-state index is 12.3. The highest BCUT2D eigenvalue weighted by molar-refractivity contribution is 7.09. The van der Waals surface area contributed by atoms with Gasteiger partial charge in [-0.1, -0.05) is 30.7 Å². The van der Waals surface area contributed by atoms with Crippen molar-refractivity contribution in [2.75, 3.05) is 5.32 Å². The Morgan fingerprint density at radius 2 is 2.00 bits per heavy atom. The molecular weight excluding hydrogens is 390 g/mol. The standard InChI is InChI=1S/C21H21N3O4S/c1-3-15-6-7-16(10-19(15)24(26)27)22-20(25)11-17-13-29-21(23-17)12-28-18-8-4-14(2)5-9-18/h4-10,13H,3,11-12H2,1-2H3,(H,22,25). The van der Waals surface area contributed by atoms with Crippen LogP contribution in [0.2, 0.25) is 0 Å². The smallest absolute Gasteiger partial charge is 0.274 e. The van der Waals surface area contributed by atoms with Crippen LogP contribution >= 0.6 is 11.3 Å². The zero-order chi connectivity index (χ0) is 20.8. The molecule has 150 valence electrons. The first kappa shape index (κ1) is 20.5. The van der Waals surface area contributed by atoms with E-state index >= 15 is 0 Å². The second-order valence-corrected chi connectivity index (χ2v) is 7.46. The number of aromatic nitrogens is 1. The molecule has 0 spiro atoms. The molecule has 2 aromatic carbocycles. The van der Waals surface area contributed by atoms with E-state index in [1.807, 2.05) is 43.5 Å². The number of rotatable bonds is 8. The maximum Gasteiger partial charge on any atom is 0.274 e. The third-order valence-corrected chi connectivity index (χ3v) is 5.14. The molecule has 0 saturated carbocycles. The summed E-state index contributed by atoms with van der Waals surface area (Å²) in [5, 5.41) is 16.5. The summed E-state index contributed by atoms with van der Waals surface area (Å²) in [7, 11) is 0. The van der Waals surface area contributed by atoms with Crippen molar-refractivity contribution in [2.45, 2.75) is 33.3 Å². The molecule has 0 aliphatic heterocycles. The Hall–Kier alpha value is -3.26. The lowest BCUT2D eigenvalue weighted by Gasteiger charge is -2.06. The van der Waals surface area contributed by atoms with E-state index in [4.69, 9.17) is 4.74 Å². The predicted octanol–water partition coefficient (Wildman–Crippen LogP) is 4.68. The van der Waals surface area contributed by atoms with Gasteiger partial charge in [0.1, 0.15) is 17.4 Å². The van der Waals surface area contributed by atoms with Crippen LogP contribution in [0.5, 0.6) is 5.75 Å². The molecule has 0 atom stereocenters. The van der Waals surface area contributed by atoms with Crippen molar-refractivity contribution in [1.29, 1.82) is 0 Å². The number of carbonyl (C=O) groups excluding carboxylic acids is 1. The molecule has 0 saturated heterocycles. The van der Waals surface area contributed by atoms with Crippen molar-refractivity contribution in [2.24, 2.45) is 0 Å². The first-order valence-electron chi connectivity index (χ1n) is 9.14. The Labute approximate surface area is 172 Å². The first-order chi connectivity index (χ1) is 13.9. The number of carbonyl (C=O) groups is 1. The van der Waals surface area contributed by atoms with Gasteiger partial charge in [0.05, 0.1) is 17.0 Å². The minimum Gasteiger partial charge on any atom is -0.486 e. The van der Waals surface area contributed by atoms with Crippen LogP contribution in [0.3, 0.4) is 0 Å². The number of nitrogens with one attached hydrogen (secondary N) is 1. The van der Waals surface area contributed by atoms with Gasteiger partial charge in [0.25, 0.3) is 5.69 Å². The van der Waals surface area contributed by atoms with Crippen molar-refractivity contribution in [3.05, 3.63) is 79.8 Å². The topological polar surface area (TPSA) is 94.4 Å². The number of anilines is 1. The lowest BCUT2D eigenvalue weighted by Crippen LogP contribution is -2.15. The first-order valence-corrected chi connectivity index (χ1v) is 10.0. The highest BCUT2D eigenvalue weighted by atomic mass is 32.1. The van der Waals surface area contributed by atoms with Crippen LogP contribution < -0.4 is 10.1 Å². The number of amides is 1. The SMILES string of the molecule is CCc1ccc(NC(=O)Cc2csc(COc3ccc(C)cc3)n2)cc1[N+](=O)[O-]. The van der Waals surface area contributed by atoms with Gasteiger partial charge in [-0.2, -0.15) is 0 Å². The van der Waals surface area contributed by atoms with Crippen molar-refractivity contribution < 1.29 is 14.5 Å². The average Bonchev–Trinajstić information content (AvgIpc) is 3.14. The van der Waals surface area contributed by atoms with Gasteiger partial charge in [-0.15, -0.1) is 11.3 Å². The average molecular weight is 411 g/mol. The van der Waals surface area contributed by atoms with Gasteiger partial charge in [0, 0.05) is 22.7 Å². The molecule has 3 rings (SSSR count). The molecule has 0 radical (unpaired) electrons. The molecular formula is C21H21N3O4S. The monoisotopic (exact) mass is 411 g/mol. The van der Waals surface area contributed by atoms with Crippen molar-refractivity contribution in [1.82, 2.24) is 4.98 Å². The van der Waals surface area contributed by atoms with E-state index in [0.717, 1.165) is 16.3 Å². The Bertz CT molecular complexity index is 1020. The third-order valence-electron chi connectivity index (χ3n) is 4.27. The minimum atomic E-state index is -0.435. The Morgan fingerprint density at radius 1 is 1.24 bits per heavy atom. The van der Waals surface area contributed by atoms with Crippen LogP contribution in [-0.2, 0) is 24.2 Å². The number of nitrogens with zero attached hydrogens (tertiary/aromatic N) is 2. The summed E-state index contributed by atoms with van der Waals surface area (Å²) in [5.41, 5.74) is 2.83. The van der Waals surface area contributed by atoms with Gasteiger partial charge in [-0.05, 0) is 31.5 Å². The molecule has 29 heavy (non-hydrogen) atoms. The molecule has 0 fully saturated rings. The number of hydrogen-bond donors (Lipinski definition) is 1. The summed E-state index contributed by atoms with van der Waals surface area (Å²) >= 11 is 1.43. The van der Waals surface area contributed by atoms with Gasteiger partial charge in [0.15, 0.2) is 0 Å². The summed E-state index contributed by atoms with van der Waals surface area (Å²) in [5.74, 6) is 0.488. The fourth-order valence-corrected chi connectivity index (χ4v) is 3.46. The molecule has 7 nitrogen and oxygen atoms in total. The number of aryl methyl sites for hydroxylation is 2. The number of thiazole rings is 1. The van der Waals surface area contributed by atoms with Gasteiger partial charge < -0.3 is 10.1 Å². The lowest BCUT2D eigenvalue weighted by molar-refractivity contribution is -0.385. The number of hydrogen-bond acceptors (Lipinski definition) is 6. The number of benzene rings is 2. The van der Waals surface area contributed by atoms with Crippen LogP contribution in [-0.4, -0.2) is 15.8 Å². The highest BCUT2D eigenvalue weighted by Gasteiger charge is 2.15. The van der Waals surface area contributed by atoms with Gasteiger partial charge in [-0.3, -0.25) is 14.9 Å². The van der Waals surface area contributed by atoms with Crippen molar-refractivity contribution in [3.8, 4) is 5.75 Å². The van der Waals surface area contributed by atoms with E-state index in [0.29, 0.717) is 30.0 Å². The molecule has 1 heterocycles.